The molecule has 0 unspecified atom stereocenters. The van der Waals surface area contributed by atoms with Gasteiger partial charge in [-0.25, -0.2) is 4.98 Å². The third-order valence-corrected chi connectivity index (χ3v) is 3.80. The highest BCUT2D eigenvalue weighted by Crippen LogP contribution is 2.23. The van der Waals surface area contributed by atoms with E-state index in [9.17, 15) is 0 Å². The van der Waals surface area contributed by atoms with Crippen molar-refractivity contribution in [1.82, 2.24) is 4.98 Å². The van der Waals surface area contributed by atoms with Crippen molar-refractivity contribution in [3.05, 3.63) is 56.7 Å². The highest BCUT2D eigenvalue weighted by molar-refractivity contribution is 9.10. The molecule has 0 aliphatic rings. The molecule has 0 atom stereocenters. The molecule has 0 aliphatic carbocycles. The lowest BCUT2D eigenvalue weighted by molar-refractivity contribution is 1.03. The molecule has 0 saturated carbocycles. The van der Waals surface area contributed by atoms with Crippen LogP contribution in [0.2, 0.25) is 0 Å². The molecule has 2 nitrogen and oxygen atoms in total. The fraction of sp³-hybridized carbons (Fsp3) is 0.154. The Balaban J connectivity index is 2.10. The predicted octanol–water partition coefficient (Wildman–Crippen LogP) is 4.53. The number of halogens is 2. The molecule has 2 rings (SSSR count). The molecule has 4 heteroatoms. The van der Waals surface area contributed by atoms with Crippen molar-refractivity contribution in [3.63, 3.8) is 0 Å². The first-order chi connectivity index (χ1) is 8.16. The molecule has 0 spiro atoms. The Morgan fingerprint density at radius 1 is 1.12 bits per heavy atom. The molecular weight excluding hydrogens is 344 g/mol. The zero-order chi connectivity index (χ0) is 12.3. The summed E-state index contributed by atoms with van der Waals surface area (Å²) in [6, 6.07) is 12.0. The second kappa shape index (κ2) is 5.65. The second-order valence-electron chi connectivity index (χ2n) is 3.72. The van der Waals surface area contributed by atoms with Gasteiger partial charge in [0, 0.05) is 10.2 Å². The summed E-state index contributed by atoms with van der Waals surface area (Å²) in [5, 5.41) is 3.38. The first-order valence-electron chi connectivity index (χ1n) is 5.27. The van der Waals surface area contributed by atoms with E-state index in [4.69, 9.17) is 0 Å². The Kier molecular flexibility index (Phi) is 4.18. The van der Waals surface area contributed by atoms with Crippen LogP contribution in [0.15, 0.2) is 45.5 Å². The van der Waals surface area contributed by atoms with Crippen LogP contribution in [0.4, 0.5) is 5.69 Å². The summed E-state index contributed by atoms with van der Waals surface area (Å²) in [6.45, 7) is 2.80. The van der Waals surface area contributed by atoms with Gasteiger partial charge in [-0.1, -0.05) is 28.1 Å². The van der Waals surface area contributed by atoms with Crippen LogP contribution in [0.3, 0.4) is 0 Å². The molecule has 0 amide bonds. The zero-order valence-corrected chi connectivity index (χ0v) is 12.5. The van der Waals surface area contributed by atoms with Gasteiger partial charge in [-0.05, 0) is 52.7 Å². The number of aromatic nitrogens is 1. The van der Waals surface area contributed by atoms with Crippen molar-refractivity contribution in [3.8, 4) is 0 Å². The van der Waals surface area contributed by atoms with Gasteiger partial charge in [0.05, 0.1) is 12.2 Å². The molecule has 88 valence electrons. The number of nitrogens with zero attached hydrogens (tertiary/aromatic N) is 1. The van der Waals surface area contributed by atoms with Crippen molar-refractivity contribution < 1.29 is 0 Å². The number of pyridine rings is 1. The first kappa shape index (κ1) is 12.6. The van der Waals surface area contributed by atoms with Crippen molar-refractivity contribution >= 4 is 37.5 Å². The van der Waals surface area contributed by atoms with Crippen molar-refractivity contribution in [2.24, 2.45) is 0 Å². The van der Waals surface area contributed by atoms with Crippen LogP contribution in [-0.4, -0.2) is 4.98 Å². The molecule has 1 N–H and O–H groups in total. The van der Waals surface area contributed by atoms with Gasteiger partial charge < -0.3 is 5.32 Å². The summed E-state index contributed by atoms with van der Waals surface area (Å²) in [6.07, 6.45) is 0. The van der Waals surface area contributed by atoms with E-state index < -0.39 is 0 Å². The van der Waals surface area contributed by atoms with E-state index >= 15 is 0 Å². The van der Waals surface area contributed by atoms with Gasteiger partial charge in [-0.2, -0.15) is 0 Å². The number of anilines is 1. The van der Waals surface area contributed by atoms with Crippen LogP contribution >= 0.6 is 31.9 Å². The summed E-state index contributed by atoms with van der Waals surface area (Å²) in [5.41, 5.74) is 3.35. The summed E-state index contributed by atoms with van der Waals surface area (Å²) in [5.74, 6) is 0. The molecule has 0 bridgehead atoms. The molecule has 1 aromatic carbocycles. The zero-order valence-electron chi connectivity index (χ0n) is 9.37. The Labute approximate surface area is 118 Å². The Morgan fingerprint density at radius 3 is 2.65 bits per heavy atom. The monoisotopic (exact) mass is 354 g/mol. The lowest BCUT2D eigenvalue weighted by Gasteiger charge is -2.10. The number of rotatable bonds is 3. The SMILES string of the molecule is Cc1c(Br)cccc1NCc1cccc(Br)n1. The third-order valence-electron chi connectivity index (χ3n) is 2.50. The smallest absolute Gasteiger partial charge is 0.106 e. The molecular formula is C13H12Br2N2. The number of hydrogen-bond donors (Lipinski definition) is 1. The molecule has 2 aromatic rings. The van der Waals surface area contributed by atoms with Crippen LogP contribution in [0.5, 0.6) is 0 Å². The Hall–Kier alpha value is -0.870. The van der Waals surface area contributed by atoms with Crippen molar-refractivity contribution in [2.45, 2.75) is 13.5 Å². The Morgan fingerprint density at radius 2 is 1.88 bits per heavy atom. The highest BCUT2D eigenvalue weighted by atomic mass is 79.9. The maximum absolute atomic E-state index is 4.38. The van der Waals surface area contributed by atoms with Gasteiger partial charge in [0.1, 0.15) is 4.60 Å². The lowest BCUT2D eigenvalue weighted by Crippen LogP contribution is -2.03. The largest absolute Gasteiger partial charge is 0.379 e. The van der Waals surface area contributed by atoms with Crippen LogP contribution in [0, 0.1) is 6.92 Å². The molecule has 0 aliphatic heterocycles. The number of hydrogen-bond acceptors (Lipinski definition) is 2. The van der Waals surface area contributed by atoms with E-state index in [1.807, 2.05) is 30.3 Å². The standard InChI is InChI=1S/C13H12Br2N2/c1-9-11(14)5-3-6-12(9)16-8-10-4-2-7-13(15)17-10/h2-7,16H,8H2,1H3. The van der Waals surface area contributed by atoms with E-state index in [1.165, 1.54) is 5.56 Å². The average Bonchev–Trinajstić information content (AvgIpc) is 2.31. The maximum atomic E-state index is 4.38. The first-order valence-corrected chi connectivity index (χ1v) is 6.86. The molecule has 0 fully saturated rings. The molecule has 1 heterocycles. The molecule has 0 saturated heterocycles. The fourth-order valence-electron chi connectivity index (χ4n) is 1.53. The van der Waals surface area contributed by atoms with E-state index in [-0.39, 0.29) is 0 Å². The van der Waals surface area contributed by atoms with Crippen molar-refractivity contribution in [1.29, 1.82) is 0 Å². The minimum absolute atomic E-state index is 0.719. The van der Waals surface area contributed by atoms with Crippen LogP contribution in [-0.2, 0) is 6.54 Å². The summed E-state index contributed by atoms with van der Waals surface area (Å²) in [4.78, 5) is 4.38. The van der Waals surface area contributed by atoms with Gasteiger partial charge in [-0.3, -0.25) is 0 Å². The summed E-state index contributed by atoms with van der Waals surface area (Å²) in [7, 11) is 0. The van der Waals surface area contributed by atoms with Gasteiger partial charge >= 0.3 is 0 Å². The fourth-order valence-corrected chi connectivity index (χ4v) is 2.28. The van der Waals surface area contributed by atoms with E-state index in [0.29, 0.717) is 0 Å². The Bertz CT molecular complexity index is 527. The molecule has 1 aromatic heterocycles. The summed E-state index contributed by atoms with van der Waals surface area (Å²) < 4.78 is 1.98. The number of benzene rings is 1. The lowest BCUT2D eigenvalue weighted by atomic mass is 10.2. The minimum Gasteiger partial charge on any atom is -0.379 e. The average molecular weight is 356 g/mol. The van der Waals surface area contributed by atoms with Crippen LogP contribution in [0.25, 0.3) is 0 Å². The van der Waals surface area contributed by atoms with E-state index in [1.54, 1.807) is 0 Å². The van der Waals surface area contributed by atoms with Gasteiger partial charge in [0.25, 0.3) is 0 Å². The molecule has 17 heavy (non-hydrogen) atoms. The van der Waals surface area contributed by atoms with Crippen molar-refractivity contribution in [2.75, 3.05) is 5.32 Å². The van der Waals surface area contributed by atoms with Gasteiger partial charge in [0.2, 0.25) is 0 Å². The number of nitrogens with one attached hydrogen (secondary N) is 1. The third kappa shape index (κ3) is 3.30. The molecule has 0 radical (unpaired) electrons. The minimum atomic E-state index is 0.719. The maximum Gasteiger partial charge on any atom is 0.106 e. The van der Waals surface area contributed by atoms with Crippen LogP contribution < -0.4 is 5.32 Å². The quantitative estimate of drug-likeness (QED) is 0.818. The van der Waals surface area contributed by atoms with Gasteiger partial charge in [0.15, 0.2) is 0 Å². The van der Waals surface area contributed by atoms with E-state index in [2.05, 4.69) is 55.2 Å². The highest BCUT2D eigenvalue weighted by Gasteiger charge is 2.01. The second-order valence-corrected chi connectivity index (χ2v) is 5.38. The van der Waals surface area contributed by atoms with E-state index in [0.717, 1.165) is 27.0 Å². The van der Waals surface area contributed by atoms with Crippen LogP contribution in [0.1, 0.15) is 11.3 Å². The van der Waals surface area contributed by atoms with Gasteiger partial charge in [-0.15, -0.1) is 0 Å². The predicted molar refractivity (Wildman–Crippen MR) is 78.1 cm³/mol. The topological polar surface area (TPSA) is 24.9 Å². The normalized spacial score (nSPS) is 10.3. The summed E-state index contributed by atoms with van der Waals surface area (Å²) >= 11 is 6.89.